The topological polar surface area (TPSA) is 49.8 Å². The maximum atomic E-state index is 9.99. The molecule has 0 aromatic heterocycles. The Labute approximate surface area is 47.6 Å². The lowest BCUT2D eigenvalue weighted by atomic mass is 10.8. The number of hydrogen-bond acceptors (Lipinski definition) is 4. The van der Waals surface area contributed by atoms with E-state index in [1.165, 1.54) is 6.92 Å². The smallest absolute Gasteiger partial charge is 0.325 e. The van der Waals surface area contributed by atoms with Crippen LogP contribution in [0.1, 0.15) is 13.8 Å². The maximum absolute atomic E-state index is 9.99. The van der Waals surface area contributed by atoms with E-state index in [0.717, 1.165) is 0 Å². The summed E-state index contributed by atoms with van der Waals surface area (Å²) in [5, 5.41) is 8.89. The van der Waals surface area contributed by atoms with E-state index >= 15 is 0 Å². The molecule has 0 radical (unpaired) electrons. The van der Waals surface area contributed by atoms with Crippen LogP contribution in [0.5, 0.6) is 0 Å². The molecule has 0 spiro atoms. The molecule has 0 bridgehead atoms. The predicted octanol–water partition coefficient (Wildman–Crippen LogP) is 0.176. The zero-order valence-corrected chi connectivity index (χ0v) is 4.92. The molecule has 0 aliphatic carbocycles. The highest BCUT2D eigenvalue weighted by molar-refractivity contribution is 5.65. The summed E-state index contributed by atoms with van der Waals surface area (Å²) in [6, 6.07) is 0. The van der Waals surface area contributed by atoms with Gasteiger partial charge in [0.1, 0.15) is 0 Å². The minimum absolute atomic E-state index is 0.277. The molecule has 0 fully saturated rings. The van der Waals surface area contributed by atoms with Gasteiger partial charge in [0.25, 0.3) is 0 Å². The van der Waals surface area contributed by atoms with Gasteiger partial charge in [-0.1, -0.05) is 0 Å². The Kier molecular flexibility index (Phi) is 3.14. The molecule has 0 aromatic carbocycles. The second-order valence-electron chi connectivity index (χ2n) is 1.25. The van der Waals surface area contributed by atoms with Crippen molar-refractivity contribution >= 4 is 5.97 Å². The molecule has 0 unspecified atom stereocenters. The van der Waals surface area contributed by atoms with Gasteiger partial charge in [-0.15, -0.1) is 0 Å². The van der Waals surface area contributed by atoms with Crippen LogP contribution >= 0.6 is 0 Å². The molecule has 0 atom stereocenters. The summed E-state index contributed by atoms with van der Waals surface area (Å²) in [7, 11) is 0. The molecule has 0 aliphatic rings. The summed E-state index contributed by atoms with van der Waals surface area (Å²) in [6.45, 7) is 3.15. The number of hydrogen-bond donors (Lipinski definition) is 1. The largest absolute Gasteiger partial charge is 0.343 e. The number of hydroxylamine groups is 2. The van der Waals surface area contributed by atoms with Crippen molar-refractivity contribution in [3.8, 4) is 0 Å². The van der Waals surface area contributed by atoms with Crippen molar-refractivity contribution in [2.45, 2.75) is 13.8 Å². The van der Waals surface area contributed by atoms with E-state index in [1.54, 1.807) is 6.92 Å². The molecule has 1 N–H and O–H groups in total. The monoisotopic (exact) mass is 119 g/mol. The van der Waals surface area contributed by atoms with Crippen LogP contribution in [0.25, 0.3) is 0 Å². The van der Waals surface area contributed by atoms with E-state index in [-0.39, 0.29) is 6.54 Å². The molecular formula is C4H9NO3. The number of rotatable bonds is 2. The second kappa shape index (κ2) is 3.40. The Hall–Kier alpha value is -0.610. The molecule has 4 heteroatoms. The van der Waals surface area contributed by atoms with Crippen molar-refractivity contribution < 1.29 is 14.8 Å². The number of carbonyl (C=O) groups excluding carboxylic acids is 1. The number of nitrogens with zero attached hydrogens (tertiary/aromatic N) is 1. The fourth-order valence-corrected chi connectivity index (χ4v) is 0.213. The molecule has 0 aliphatic heterocycles. The third kappa shape index (κ3) is 3.58. The quantitative estimate of drug-likeness (QED) is 0.526. The van der Waals surface area contributed by atoms with Gasteiger partial charge in [-0.2, -0.15) is 0 Å². The average molecular weight is 119 g/mol. The molecule has 0 saturated carbocycles. The Bertz CT molecular complexity index is 83.4. The van der Waals surface area contributed by atoms with E-state index in [4.69, 9.17) is 5.21 Å². The molecule has 0 heterocycles. The van der Waals surface area contributed by atoms with Crippen molar-refractivity contribution in [1.29, 1.82) is 0 Å². The lowest BCUT2D eigenvalue weighted by Crippen LogP contribution is -2.21. The lowest BCUT2D eigenvalue weighted by molar-refractivity contribution is -0.313. The Morgan fingerprint density at radius 1 is 1.88 bits per heavy atom. The molecule has 0 saturated heterocycles. The van der Waals surface area contributed by atoms with Gasteiger partial charge in [0.2, 0.25) is 0 Å². The first-order valence-electron chi connectivity index (χ1n) is 2.31. The summed E-state index contributed by atoms with van der Waals surface area (Å²) < 4.78 is 0. The fraction of sp³-hybridized carbons (Fsp3) is 0.750. The van der Waals surface area contributed by atoms with Crippen LogP contribution in [0.3, 0.4) is 0 Å². The van der Waals surface area contributed by atoms with Gasteiger partial charge in [0, 0.05) is 6.92 Å². The first kappa shape index (κ1) is 7.39. The first-order chi connectivity index (χ1) is 3.66. The highest BCUT2D eigenvalue weighted by Crippen LogP contribution is 1.81. The molecule has 0 aromatic rings. The van der Waals surface area contributed by atoms with Crippen LogP contribution in [0.15, 0.2) is 0 Å². The Balaban J connectivity index is 3.24. The van der Waals surface area contributed by atoms with E-state index in [2.05, 4.69) is 4.84 Å². The van der Waals surface area contributed by atoms with Crippen molar-refractivity contribution in [3.63, 3.8) is 0 Å². The SMILES string of the molecule is CCN(O)OC(C)=O. The molecule has 8 heavy (non-hydrogen) atoms. The van der Waals surface area contributed by atoms with Crippen molar-refractivity contribution in [2.75, 3.05) is 6.54 Å². The molecule has 4 nitrogen and oxygen atoms in total. The van der Waals surface area contributed by atoms with Crippen LogP contribution in [-0.4, -0.2) is 22.9 Å². The fourth-order valence-electron chi connectivity index (χ4n) is 0.213. The zero-order valence-electron chi connectivity index (χ0n) is 4.92. The Morgan fingerprint density at radius 2 is 2.38 bits per heavy atom. The molecule has 0 amide bonds. The third-order valence-corrected chi connectivity index (χ3v) is 0.504. The van der Waals surface area contributed by atoms with Gasteiger partial charge in [-0.05, 0) is 12.2 Å². The summed E-state index contributed by atoms with van der Waals surface area (Å²) >= 11 is 0. The van der Waals surface area contributed by atoms with Crippen LogP contribution < -0.4 is 0 Å². The number of carbonyl (C=O) groups is 1. The minimum Gasteiger partial charge on any atom is -0.343 e. The van der Waals surface area contributed by atoms with E-state index in [9.17, 15) is 4.79 Å². The van der Waals surface area contributed by atoms with Crippen molar-refractivity contribution in [2.24, 2.45) is 0 Å². The van der Waals surface area contributed by atoms with Crippen molar-refractivity contribution in [3.05, 3.63) is 0 Å². The maximum Gasteiger partial charge on any atom is 0.325 e. The average Bonchev–Trinajstić information content (AvgIpc) is 1.65. The molecule has 48 valence electrons. The van der Waals surface area contributed by atoms with Gasteiger partial charge in [0.15, 0.2) is 0 Å². The highest BCUT2D eigenvalue weighted by atomic mass is 16.9. The first-order valence-corrected chi connectivity index (χ1v) is 2.31. The van der Waals surface area contributed by atoms with Gasteiger partial charge < -0.3 is 4.84 Å². The normalized spacial score (nSPS) is 9.50. The van der Waals surface area contributed by atoms with Crippen LogP contribution in [-0.2, 0) is 9.63 Å². The van der Waals surface area contributed by atoms with Crippen LogP contribution in [0.4, 0.5) is 0 Å². The van der Waals surface area contributed by atoms with Crippen LogP contribution in [0.2, 0.25) is 0 Å². The Morgan fingerprint density at radius 3 is 2.50 bits per heavy atom. The van der Waals surface area contributed by atoms with Gasteiger partial charge in [0.05, 0.1) is 6.54 Å². The molecule has 0 rings (SSSR count). The summed E-state index contributed by atoms with van der Waals surface area (Å²) in [5.74, 6) is -0.519. The van der Waals surface area contributed by atoms with Gasteiger partial charge in [-0.25, -0.2) is 0 Å². The summed E-state index contributed by atoms with van der Waals surface area (Å²) in [6.07, 6.45) is 0. The third-order valence-electron chi connectivity index (χ3n) is 0.504. The second-order valence-corrected chi connectivity index (χ2v) is 1.25. The van der Waals surface area contributed by atoms with E-state index < -0.39 is 5.97 Å². The van der Waals surface area contributed by atoms with Crippen molar-refractivity contribution in [1.82, 2.24) is 5.23 Å². The standard InChI is InChI=1S/C4H9NO3/c1-3-5(7)8-4(2)6/h7H,3H2,1-2H3. The minimum atomic E-state index is -0.519. The zero-order chi connectivity index (χ0) is 6.57. The van der Waals surface area contributed by atoms with E-state index in [1.807, 2.05) is 0 Å². The van der Waals surface area contributed by atoms with E-state index in [0.29, 0.717) is 5.23 Å². The van der Waals surface area contributed by atoms with Crippen LogP contribution in [0, 0.1) is 0 Å². The summed E-state index contributed by atoms with van der Waals surface area (Å²) in [4.78, 5) is 14.1. The lowest BCUT2D eigenvalue weighted by Gasteiger charge is -2.07. The van der Waals surface area contributed by atoms with Gasteiger partial charge >= 0.3 is 5.97 Å². The summed E-state index contributed by atoms with van der Waals surface area (Å²) in [5.41, 5.74) is 0. The van der Waals surface area contributed by atoms with Gasteiger partial charge in [-0.3, -0.25) is 10.0 Å². The highest BCUT2D eigenvalue weighted by Gasteiger charge is 1.97. The molecular weight excluding hydrogens is 110 g/mol. The predicted molar refractivity (Wildman–Crippen MR) is 25.9 cm³/mol.